The van der Waals surface area contributed by atoms with Crippen LogP contribution in [0.1, 0.15) is 49.6 Å². The molecule has 1 aromatic heterocycles. The van der Waals surface area contributed by atoms with Crippen molar-refractivity contribution in [2.75, 3.05) is 0 Å². The molecule has 0 aliphatic heterocycles. The monoisotopic (exact) mass is 223 g/mol. The Hall–Kier alpha value is -0.340. The number of hydrogen-bond donors (Lipinski definition) is 1. The second-order valence-electron chi connectivity index (χ2n) is 4.97. The lowest BCUT2D eigenvalue weighted by Crippen LogP contribution is -2.29. The lowest BCUT2D eigenvalue weighted by atomic mass is 10.1. The van der Waals surface area contributed by atoms with Crippen LogP contribution in [0.3, 0.4) is 0 Å². The van der Waals surface area contributed by atoms with Crippen LogP contribution in [0.5, 0.6) is 0 Å². The molecule has 0 spiro atoms. The average Bonchev–Trinajstić information content (AvgIpc) is 2.75. The Bertz CT molecular complexity index is 318. The highest BCUT2D eigenvalue weighted by Crippen LogP contribution is 2.29. The summed E-state index contributed by atoms with van der Waals surface area (Å²) in [5.74, 6) is 0.916. The van der Waals surface area contributed by atoms with Gasteiger partial charge in [-0.1, -0.05) is 6.92 Å². The Morgan fingerprint density at radius 2 is 2.27 bits per heavy atom. The molecule has 84 valence electrons. The van der Waals surface area contributed by atoms with Crippen LogP contribution >= 0.6 is 11.3 Å². The Balaban J connectivity index is 1.92. The molecule has 0 radical (unpaired) electrons. The first-order chi connectivity index (χ1) is 7.16. The second kappa shape index (κ2) is 4.67. The number of hydrogen-bond acceptors (Lipinski definition) is 2. The van der Waals surface area contributed by atoms with E-state index in [1.807, 2.05) is 11.3 Å². The molecule has 2 heteroatoms. The molecule has 1 aliphatic carbocycles. The van der Waals surface area contributed by atoms with E-state index in [0.717, 1.165) is 12.0 Å². The molecular formula is C13H21NS. The van der Waals surface area contributed by atoms with Crippen LogP contribution in [0.4, 0.5) is 0 Å². The first-order valence-corrected chi connectivity index (χ1v) is 6.85. The van der Waals surface area contributed by atoms with Gasteiger partial charge in [0.1, 0.15) is 0 Å². The molecule has 15 heavy (non-hydrogen) atoms. The van der Waals surface area contributed by atoms with E-state index in [1.54, 1.807) is 0 Å². The van der Waals surface area contributed by atoms with Gasteiger partial charge in [0.15, 0.2) is 0 Å². The smallest absolute Gasteiger partial charge is 0.0390 e. The van der Waals surface area contributed by atoms with Gasteiger partial charge in [0, 0.05) is 17.0 Å². The minimum atomic E-state index is 0.528. The zero-order valence-corrected chi connectivity index (χ0v) is 10.7. The fraction of sp³-hybridized carbons (Fsp3) is 0.692. The third kappa shape index (κ3) is 2.61. The van der Waals surface area contributed by atoms with Gasteiger partial charge in [-0.25, -0.2) is 0 Å². The third-order valence-corrected chi connectivity index (χ3v) is 4.68. The third-order valence-electron chi connectivity index (χ3n) is 3.48. The van der Waals surface area contributed by atoms with Gasteiger partial charge in [-0.15, -0.1) is 11.3 Å². The van der Waals surface area contributed by atoms with Crippen molar-refractivity contribution in [3.63, 3.8) is 0 Å². The number of aryl methyl sites for hydroxylation is 1. The fourth-order valence-electron chi connectivity index (χ4n) is 2.62. The molecule has 1 fully saturated rings. The Morgan fingerprint density at radius 1 is 1.47 bits per heavy atom. The lowest BCUT2D eigenvalue weighted by Gasteiger charge is -2.19. The van der Waals surface area contributed by atoms with Crippen LogP contribution in [-0.4, -0.2) is 6.04 Å². The topological polar surface area (TPSA) is 12.0 Å². The summed E-state index contributed by atoms with van der Waals surface area (Å²) in [4.78, 5) is 1.51. The lowest BCUT2D eigenvalue weighted by molar-refractivity contribution is 0.452. The van der Waals surface area contributed by atoms with E-state index in [9.17, 15) is 0 Å². The van der Waals surface area contributed by atoms with Crippen LogP contribution in [0.2, 0.25) is 0 Å². The van der Waals surface area contributed by atoms with Crippen LogP contribution in [0.25, 0.3) is 0 Å². The standard InChI is InChI=1S/C13H21NS/c1-9-4-5-12(8-9)14-11(3)13-10(2)6-7-15-13/h6-7,9,11-12,14H,4-5,8H2,1-3H3. The number of rotatable bonds is 3. The number of nitrogens with one attached hydrogen (secondary N) is 1. The maximum absolute atomic E-state index is 3.76. The summed E-state index contributed by atoms with van der Waals surface area (Å²) >= 11 is 1.88. The summed E-state index contributed by atoms with van der Waals surface area (Å²) < 4.78 is 0. The van der Waals surface area contributed by atoms with Crippen LogP contribution in [0, 0.1) is 12.8 Å². The van der Waals surface area contributed by atoms with Gasteiger partial charge in [-0.3, -0.25) is 0 Å². The Kier molecular flexibility index (Phi) is 3.47. The molecule has 1 nitrogen and oxygen atoms in total. The highest BCUT2D eigenvalue weighted by atomic mass is 32.1. The van der Waals surface area contributed by atoms with Crippen LogP contribution in [0.15, 0.2) is 11.4 Å². The fourth-order valence-corrected chi connectivity index (χ4v) is 3.56. The average molecular weight is 223 g/mol. The highest BCUT2D eigenvalue weighted by Gasteiger charge is 2.23. The molecule has 0 aromatic carbocycles. The van der Waals surface area contributed by atoms with E-state index in [-0.39, 0.29) is 0 Å². The molecule has 1 N–H and O–H groups in total. The number of thiophene rings is 1. The van der Waals surface area contributed by atoms with Crippen molar-refractivity contribution < 1.29 is 0 Å². The van der Waals surface area contributed by atoms with Crippen molar-refractivity contribution in [1.82, 2.24) is 5.32 Å². The molecule has 1 aromatic rings. The minimum absolute atomic E-state index is 0.528. The maximum Gasteiger partial charge on any atom is 0.0390 e. The van der Waals surface area contributed by atoms with Gasteiger partial charge in [-0.2, -0.15) is 0 Å². The SMILES string of the molecule is Cc1ccsc1C(C)NC1CCC(C)C1. The molecule has 2 rings (SSSR count). The predicted molar refractivity (Wildman–Crippen MR) is 67.4 cm³/mol. The van der Waals surface area contributed by atoms with E-state index in [0.29, 0.717) is 6.04 Å². The predicted octanol–water partition coefficient (Wildman–Crippen LogP) is 3.90. The maximum atomic E-state index is 3.76. The van der Waals surface area contributed by atoms with Crippen molar-refractivity contribution in [1.29, 1.82) is 0 Å². The molecule has 1 saturated carbocycles. The zero-order chi connectivity index (χ0) is 10.8. The second-order valence-corrected chi connectivity index (χ2v) is 5.92. The quantitative estimate of drug-likeness (QED) is 0.819. The molecule has 0 saturated heterocycles. The zero-order valence-electron chi connectivity index (χ0n) is 9.92. The van der Waals surface area contributed by atoms with Gasteiger partial charge in [-0.05, 0) is 56.0 Å². The van der Waals surface area contributed by atoms with Crippen molar-refractivity contribution in [3.05, 3.63) is 21.9 Å². The molecule has 0 amide bonds. The summed E-state index contributed by atoms with van der Waals surface area (Å²) in [6.07, 6.45) is 4.11. The van der Waals surface area contributed by atoms with Gasteiger partial charge >= 0.3 is 0 Å². The molecule has 1 aliphatic rings. The van der Waals surface area contributed by atoms with Gasteiger partial charge in [0.05, 0.1) is 0 Å². The van der Waals surface area contributed by atoms with E-state index < -0.39 is 0 Å². The van der Waals surface area contributed by atoms with Gasteiger partial charge in [0.25, 0.3) is 0 Å². The van der Waals surface area contributed by atoms with Crippen molar-refractivity contribution in [2.45, 2.75) is 52.1 Å². The molecule has 3 unspecified atom stereocenters. The molecular weight excluding hydrogens is 202 g/mol. The van der Waals surface area contributed by atoms with Crippen LogP contribution < -0.4 is 5.32 Å². The van der Waals surface area contributed by atoms with E-state index in [4.69, 9.17) is 0 Å². The first kappa shape index (κ1) is 11.2. The highest BCUT2D eigenvalue weighted by molar-refractivity contribution is 7.10. The Labute approximate surface area is 96.9 Å². The molecule has 1 heterocycles. The summed E-state index contributed by atoms with van der Waals surface area (Å²) in [7, 11) is 0. The normalized spacial score (nSPS) is 28.2. The summed E-state index contributed by atoms with van der Waals surface area (Å²) in [5.41, 5.74) is 1.44. The van der Waals surface area contributed by atoms with Gasteiger partial charge < -0.3 is 5.32 Å². The summed E-state index contributed by atoms with van der Waals surface area (Å²) in [6, 6.07) is 3.49. The van der Waals surface area contributed by atoms with E-state index in [1.165, 1.54) is 29.7 Å². The Morgan fingerprint density at radius 3 is 2.80 bits per heavy atom. The van der Waals surface area contributed by atoms with E-state index >= 15 is 0 Å². The molecule has 3 atom stereocenters. The summed E-state index contributed by atoms with van der Waals surface area (Å²) in [5, 5.41) is 5.96. The van der Waals surface area contributed by atoms with Crippen molar-refractivity contribution in [3.8, 4) is 0 Å². The largest absolute Gasteiger partial charge is 0.307 e. The van der Waals surface area contributed by atoms with Crippen molar-refractivity contribution >= 4 is 11.3 Å². The molecule has 0 bridgehead atoms. The minimum Gasteiger partial charge on any atom is -0.307 e. The summed E-state index contributed by atoms with van der Waals surface area (Å²) in [6.45, 7) is 6.87. The van der Waals surface area contributed by atoms with Gasteiger partial charge in [0.2, 0.25) is 0 Å². The first-order valence-electron chi connectivity index (χ1n) is 5.97. The van der Waals surface area contributed by atoms with E-state index in [2.05, 4.69) is 37.5 Å². The van der Waals surface area contributed by atoms with Crippen molar-refractivity contribution in [2.24, 2.45) is 5.92 Å². The van der Waals surface area contributed by atoms with Crippen LogP contribution in [-0.2, 0) is 0 Å².